The lowest BCUT2D eigenvalue weighted by atomic mass is 9.27. The summed E-state index contributed by atoms with van der Waals surface area (Å²) >= 11 is 0. The Morgan fingerprint density at radius 1 is 1.12 bits per heavy atom. The van der Waals surface area contributed by atoms with Crippen molar-refractivity contribution in [1.82, 2.24) is 0 Å². The van der Waals surface area contributed by atoms with Gasteiger partial charge in [-0.05, 0) is 6.92 Å². The zero-order chi connectivity index (χ0) is 17.5. The fourth-order valence-corrected chi connectivity index (χ4v) is 5.59. The number of ketones is 3. The molecule has 2 spiro atoms. The molecular weight excluding hydrogens is 320 g/mol. The van der Waals surface area contributed by atoms with Gasteiger partial charge in [0.2, 0.25) is 5.78 Å². The lowest BCUT2D eigenvalue weighted by molar-refractivity contribution is -0.291. The van der Waals surface area contributed by atoms with Gasteiger partial charge < -0.3 is 18.9 Å². The topological polar surface area (TPSA) is 105 Å². The van der Waals surface area contributed by atoms with Crippen LogP contribution in [0.5, 0.6) is 0 Å². The fourth-order valence-electron chi connectivity index (χ4n) is 5.59. The molecule has 3 fully saturated rings. The van der Waals surface area contributed by atoms with Crippen molar-refractivity contribution in [2.75, 3.05) is 34.0 Å². The first kappa shape index (κ1) is 15.5. The van der Waals surface area contributed by atoms with Crippen LogP contribution in [-0.4, -0.2) is 63.0 Å². The van der Waals surface area contributed by atoms with Crippen molar-refractivity contribution in [3.05, 3.63) is 11.8 Å². The highest BCUT2D eigenvalue weighted by Crippen LogP contribution is 2.81. The molecule has 4 rings (SSSR count). The molecule has 4 atom stereocenters. The molecule has 4 unspecified atom stereocenters. The minimum atomic E-state index is -1.87. The van der Waals surface area contributed by atoms with Crippen molar-refractivity contribution in [2.24, 2.45) is 16.2 Å². The molecular formula is C16H16O8. The number of cyclic esters (lactones) is 1. The van der Waals surface area contributed by atoms with Gasteiger partial charge in [-0.3, -0.25) is 19.2 Å². The van der Waals surface area contributed by atoms with Gasteiger partial charge in [-0.25, -0.2) is 0 Å². The number of Topliss-reactive ketones (excluding diaryl/α,β-unsaturated/α-hetero) is 2. The fraction of sp³-hybridized carbons (Fsp3) is 0.625. The molecule has 2 saturated heterocycles. The number of hydrogen-bond donors (Lipinski definition) is 0. The van der Waals surface area contributed by atoms with Gasteiger partial charge in [-0.2, -0.15) is 0 Å². The van der Waals surface area contributed by atoms with Crippen LogP contribution in [-0.2, 0) is 38.1 Å². The Kier molecular flexibility index (Phi) is 2.66. The molecule has 128 valence electrons. The predicted molar refractivity (Wildman–Crippen MR) is 74.6 cm³/mol. The van der Waals surface area contributed by atoms with E-state index in [2.05, 4.69) is 0 Å². The largest absolute Gasteiger partial charge is 0.493 e. The Morgan fingerprint density at radius 2 is 1.79 bits per heavy atom. The first-order valence-electron chi connectivity index (χ1n) is 7.50. The SMILES string of the molecule is COC1=CC(=O)C23COCC24C(=O)OCC4(C(C)=O)C3(OC)C1=O. The molecule has 1 saturated carbocycles. The zero-order valence-corrected chi connectivity index (χ0v) is 13.5. The third-order valence-corrected chi connectivity index (χ3v) is 6.42. The second-order valence-electron chi connectivity index (χ2n) is 6.63. The normalized spacial score (nSPS) is 45.6. The molecule has 0 aromatic heterocycles. The van der Waals surface area contributed by atoms with E-state index in [0.717, 1.165) is 6.08 Å². The Balaban J connectivity index is 2.13. The minimum absolute atomic E-state index is 0.161. The van der Waals surface area contributed by atoms with Gasteiger partial charge in [0, 0.05) is 13.2 Å². The van der Waals surface area contributed by atoms with Crippen LogP contribution in [0.2, 0.25) is 0 Å². The number of methoxy groups -OCH3 is 2. The van der Waals surface area contributed by atoms with Gasteiger partial charge in [0.05, 0.1) is 20.3 Å². The van der Waals surface area contributed by atoms with Crippen molar-refractivity contribution in [1.29, 1.82) is 0 Å². The van der Waals surface area contributed by atoms with Gasteiger partial charge in [0.1, 0.15) is 28.6 Å². The second-order valence-corrected chi connectivity index (χ2v) is 6.63. The molecule has 0 N–H and O–H groups in total. The number of ether oxygens (including phenoxy) is 4. The smallest absolute Gasteiger partial charge is 0.317 e. The molecule has 2 aliphatic heterocycles. The van der Waals surface area contributed by atoms with Crippen molar-refractivity contribution in [2.45, 2.75) is 12.5 Å². The molecule has 0 aromatic carbocycles. The Hall–Kier alpha value is -2.06. The highest BCUT2D eigenvalue weighted by molar-refractivity contribution is 6.24. The Labute approximate surface area is 137 Å². The van der Waals surface area contributed by atoms with Crippen molar-refractivity contribution >= 4 is 23.3 Å². The summed E-state index contributed by atoms with van der Waals surface area (Å²) in [6, 6.07) is 0. The van der Waals surface area contributed by atoms with Crippen LogP contribution in [0.4, 0.5) is 0 Å². The van der Waals surface area contributed by atoms with Crippen LogP contribution < -0.4 is 0 Å². The first-order chi connectivity index (χ1) is 11.3. The molecule has 24 heavy (non-hydrogen) atoms. The van der Waals surface area contributed by atoms with Crippen LogP contribution in [0.3, 0.4) is 0 Å². The van der Waals surface area contributed by atoms with E-state index in [9.17, 15) is 19.2 Å². The standard InChI is InChI=1S/C16H16O8/c1-8(17)13-7-24-12(20)15(13)6-23-5-14(15)10(18)4-9(21-2)11(19)16(13,14)22-3/h4H,5-7H2,1-3H3. The van der Waals surface area contributed by atoms with E-state index in [1.165, 1.54) is 21.1 Å². The average molecular weight is 336 g/mol. The third kappa shape index (κ3) is 0.991. The lowest BCUT2D eigenvalue weighted by Gasteiger charge is -2.70. The summed E-state index contributed by atoms with van der Waals surface area (Å²) in [7, 11) is 2.51. The van der Waals surface area contributed by atoms with Crippen LogP contribution in [0, 0.1) is 16.2 Å². The number of carbonyl (C=O) groups excluding carboxylic acids is 4. The predicted octanol–water partition coefficient (Wildman–Crippen LogP) is -0.797. The minimum Gasteiger partial charge on any atom is -0.493 e. The number of rotatable bonds is 3. The van der Waals surface area contributed by atoms with E-state index < -0.39 is 45.2 Å². The highest BCUT2D eigenvalue weighted by Gasteiger charge is 3.01. The van der Waals surface area contributed by atoms with Gasteiger partial charge >= 0.3 is 5.97 Å². The van der Waals surface area contributed by atoms with E-state index in [-0.39, 0.29) is 25.6 Å². The highest BCUT2D eigenvalue weighted by atomic mass is 16.6. The zero-order valence-electron chi connectivity index (χ0n) is 13.5. The van der Waals surface area contributed by atoms with E-state index in [0.29, 0.717) is 0 Å². The Morgan fingerprint density at radius 3 is 2.38 bits per heavy atom. The number of esters is 1. The maximum Gasteiger partial charge on any atom is 0.317 e. The molecule has 0 radical (unpaired) electrons. The van der Waals surface area contributed by atoms with Crippen LogP contribution >= 0.6 is 0 Å². The molecule has 2 aliphatic carbocycles. The first-order valence-corrected chi connectivity index (χ1v) is 7.50. The summed E-state index contributed by atoms with van der Waals surface area (Å²) in [6.07, 6.45) is 1.06. The van der Waals surface area contributed by atoms with Crippen molar-refractivity contribution < 1.29 is 38.1 Å². The average Bonchev–Trinajstić information content (AvgIpc) is 3.03. The quantitative estimate of drug-likeness (QED) is 0.617. The maximum atomic E-state index is 13.2. The summed E-state index contributed by atoms with van der Waals surface area (Å²) in [4.78, 5) is 51.5. The Bertz CT molecular complexity index is 753. The molecule has 2 heterocycles. The maximum absolute atomic E-state index is 13.2. The number of allylic oxidation sites excluding steroid dienone is 1. The summed E-state index contributed by atoms with van der Waals surface area (Å²) < 4.78 is 21.3. The number of fused-ring (bicyclic) bond motifs is 1. The molecule has 8 nitrogen and oxygen atoms in total. The number of carbonyl (C=O) groups is 4. The summed E-state index contributed by atoms with van der Waals surface area (Å²) in [5.41, 5.74) is -6.61. The van der Waals surface area contributed by atoms with Crippen LogP contribution in [0.15, 0.2) is 11.8 Å². The molecule has 8 heteroatoms. The summed E-state index contributed by atoms with van der Waals surface area (Å²) in [5, 5.41) is 0. The lowest BCUT2D eigenvalue weighted by Crippen LogP contribution is -2.91. The van der Waals surface area contributed by atoms with Gasteiger partial charge in [-0.15, -0.1) is 0 Å². The van der Waals surface area contributed by atoms with E-state index in [4.69, 9.17) is 18.9 Å². The second kappa shape index (κ2) is 4.12. The summed E-state index contributed by atoms with van der Waals surface area (Å²) in [5.74, 6) is -2.50. The molecule has 4 aliphatic rings. The van der Waals surface area contributed by atoms with E-state index >= 15 is 0 Å². The van der Waals surface area contributed by atoms with Crippen LogP contribution in [0.1, 0.15) is 6.92 Å². The van der Waals surface area contributed by atoms with Gasteiger partial charge in [0.25, 0.3) is 0 Å². The van der Waals surface area contributed by atoms with Gasteiger partial charge in [-0.1, -0.05) is 0 Å². The molecule has 0 aromatic rings. The van der Waals surface area contributed by atoms with E-state index in [1.807, 2.05) is 0 Å². The number of hydrogen-bond acceptors (Lipinski definition) is 8. The third-order valence-electron chi connectivity index (χ3n) is 6.42. The van der Waals surface area contributed by atoms with Crippen LogP contribution in [0.25, 0.3) is 0 Å². The molecule has 0 amide bonds. The summed E-state index contributed by atoms with van der Waals surface area (Å²) in [6.45, 7) is 0.597. The van der Waals surface area contributed by atoms with Crippen molar-refractivity contribution in [3.8, 4) is 0 Å². The molecule has 0 bridgehead atoms. The monoisotopic (exact) mass is 336 g/mol. The van der Waals surface area contributed by atoms with Crippen molar-refractivity contribution in [3.63, 3.8) is 0 Å². The van der Waals surface area contributed by atoms with E-state index in [1.54, 1.807) is 0 Å². The van der Waals surface area contributed by atoms with Gasteiger partial charge in [0.15, 0.2) is 17.1 Å².